The van der Waals surface area contributed by atoms with Gasteiger partial charge in [-0.25, -0.2) is 9.59 Å². The quantitative estimate of drug-likeness (QED) is 0.403. The Morgan fingerprint density at radius 3 is 2.38 bits per heavy atom. The van der Waals surface area contributed by atoms with E-state index in [9.17, 15) is 27.6 Å². The lowest BCUT2D eigenvalue weighted by Crippen LogP contribution is -2.38. The fraction of sp³-hybridized carbons (Fsp3) is 0.143. The summed E-state index contributed by atoms with van der Waals surface area (Å²) < 4.78 is 40.3. The van der Waals surface area contributed by atoms with Crippen molar-refractivity contribution < 1.29 is 32.0 Å². The maximum absolute atomic E-state index is 12.3. The number of hydrogen-bond acceptors (Lipinski definition) is 8. The molecule has 11 nitrogen and oxygen atoms in total. The standard InChI is InChI=1S/C14H12N2O9S/c1-24-14(20)25-11-10(7-17)12(18)16(13(19)15-11)6-8-2-4-9(5-3-8)26(21,22)23/h2-5,7H,6H2,1H3,(H,15,19)(H,21,22,23). The molecule has 138 valence electrons. The number of ether oxygens (including phenoxy) is 2. The van der Waals surface area contributed by atoms with E-state index < -0.39 is 39.0 Å². The van der Waals surface area contributed by atoms with Gasteiger partial charge in [0, 0.05) is 0 Å². The van der Waals surface area contributed by atoms with Crippen molar-refractivity contribution in [1.82, 2.24) is 9.55 Å². The summed E-state index contributed by atoms with van der Waals surface area (Å²) in [7, 11) is -3.38. The molecule has 1 aromatic heterocycles. The van der Waals surface area contributed by atoms with Crippen LogP contribution in [-0.2, 0) is 21.4 Å². The molecule has 1 aromatic carbocycles. The third-order valence-corrected chi connectivity index (χ3v) is 4.09. The summed E-state index contributed by atoms with van der Waals surface area (Å²) in [6, 6.07) is 4.71. The average molecular weight is 384 g/mol. The highest BCUT2D eigenvalue weighted by Crippen LogP contribution is 2.11. The lowest BCUT2D eigenvalue weighted by Gasteiger charge is -2.09. The van der Waals surface area contributed by atoms with Crippen LogP contribution >= 0.6 is 0 Å². The normalized spacial score (nSPS) is 11.0. The number of methoxy groups -OCH3 is 1. The second-order valence-corrected chi connectivity index (χ2v) is 6.28. The first-order valence-corrected chi connectivity index (χ1v) is 8.26. The SMILES string of the molecule is COC(=O)Oc1[nH]c(=O)n(Cc2ccc(S(=O)(=O)O)cc2)c(=O)c1C=O. The first-order chi connectivity index (χ1) is 12.2. The maximum Gasteiger partial charge on any atom is 0.514 e. The minimum absolute atomic E-state index is 0.106. The van der Waals surface area contributed by atoms with Gasteiger partial charge >= 0.3 is 11.8 Å². The van der Waals surface area contributed by atoms with Crippen molar-refractivity contribution >= 4 is 22.6 Å². The minimum atomic E-state index is -4.38. The van der Waals surface area contributed by atoms with Crippen LogP contribution in [-0.4, -0.2) is 42.1 Å². The summed E-state index contributed by atoms with van der Waals surface area (Å²) in [5, 5.41) is 0. The minimum Gasteiger partial charge on any atom is -0.437 e. The van der Waals surface area contributed by atoms with E-state index >= 15 is 0 Å². The molecule has 0 saturated heterocycles. The number of H-pyrrole nitrogens is 1. The van der Waals surface area contributed by atoms with Crippen LogP contribution in [0.15, 0.2) is 38.8 Å². The van der Waals surface area contributed by atoms with Gasteiger partial charge in [0.05, 0.1) is 18.6 Å². The molecule has 1 heterocycles. The maximum atomic E-state index is 12.3. The Bertz CT molecular complexity index is 1070. The molecule has 26 heavy (non-hydrogen) atoms. The molecule has 2 N–H and O–H groups in total. The summed E-state index contributed by atoms with van der Waals surface area (Å²) in [6.07, 6.45) is -1.13. The Morgan fingerprint density at radius 1 is 1.27 bits per heavy atom. The van der Waals surface area contributed by atoms with Crippen molar-refractivity contribution in [1.29, 1.82) is 0 Å². The Labute approximate surface area is 145 Å². The van der Waals surface area contributed by atoms with Crippen LogP contribution in [0.4, 0.5) is 4.79 Å². The molecule has 0 fully saturated rings. The monoisotopic (exact) mass is 384 g/mol. The number of aromatic nitrogens is 2. The molecule has 0 aliphatic heterocycles. The molecule has 12 heteroatoms. The van der Waals surface area contributed by atoms with E-state index in [4.69, 9.17) is 4.55 Å². The van der Waals surface area contributed by atoms with Crippen LogP contribution in [0.3, 0.4) is 0 Å². The number of nitrogens with one attached hydrogen (secondary N) is 1. The Hall–Kier alpha value is -3.25. The van der Waals surface area contributed by atoms with Gasteiger partial charge in [-0.2, -0.15) is 8.42 Å². The van der Waals surface area contributed by atoms with E-state index in [1.54, 1.807) is 0 Å². The van der Waals surface area contributed by atoms with Gasteiger partial charge in [-0.1, -0.05) is 12.1 Å². The third-order valence-electron chi connectivity index (χ3n) is 3.22. The van der Waals surface area contributed by atoms with Crippen LogP contribution in [0.1, 0.15) is 15.9 Å². The Kier molecular flexibility index (Phi) is 5.38. The van der Waals surface area contributed by atoms with Gasteiger partial charge in [0.25, 0.3) is 15.7 Å². The molecule has 0 bridgehead atoms. The molecule has 2 rings (SSSR count). The zero-order valence-corrected chi connectivity index (χ0v) is 14.0. The summed E-state index contributed by atoms with van der Waals surface area (Å²) in [4.78, 5) is 48.3. The Balaban J connectivity index is 2.45. The third kappa shape index (κ3) is 4.04. The molecule has 0 unspecified atom stereocenters. The number of carbonyl (C=O) groups excluding carboxylic acids is 2. The summed E-state index contributed by atoms with van der Waals surface area (Å²) in [5.74, 6) is -0.653. The number of hydrogen-bond donors (Lipinski definition) is 2. The molecule has 0 saturated carbocycles. The zero-order valence-electron chi connectivity index (χ0n) is 13.2. The predicted octanol–water partition coefficient (Wildman–Crippen LogP) is -0.211. The van der Waals surface area contributed by atoms with E-state index in [1.807, 2.05) is 0 Å². The highest BCUT2D eigenvalue weighted by Gasteiger charge is 2.18. The van der Waals surface area contributed by atoms with Gasteiger partial charge in [0.15, 0.2) is 6.29 Å². The van der Waals surface area contributed by atoms with Crippen molar-refractivity contribution in [2.75, 3.05) is 7.11 Å². The average Bonchev–Trinajstić information content (AvgIpc) is 2.58. The molecule has 0 aliphatic carbocycles. The molecule has 0 aliphatic rings. The van der Waals surface area contributed by atoms with Crippen molar-refractivity contribution in [2.45, 2.75) is 11.4 Å². The van der Waals surface area contributed by atoms with Gasteiger partial charge in [-0.05, 0) is 17.7 Å². The first kappa shape index (κ1) is 19.1. The number of aldehydes is 1. The summed E-state index contributed by atoms with van der Waals surface area (Å²) in [6.45, 7) is -0.306. The Morgan fingerprint density at radius 2 is 1.88 bits per heavy atom. The van der Waals surface area contributed by atoms with Gasteiger partial charge < -0.3 is 9.47 Å². The summed E-state index contributed by atoms with van der Waals surface area (Å²) >= 11 is 0. The van der Waals surface area contributed by atoms with Crippen LogP contribution in [0.5, 0.6) is 5.88 Å². The van der Waals surface area contributed by atoms with Gasteiger partial charge in [-0.15, -0.1) is 0 Å². The second-order valence-electron chi connectivity index (χ2n) is 4.86. The van der Waals surface area contributed by atoms with Crippen LogP contribution in [0.2, 0.25) is 0 Å². The predicted molar refractivity (Wildman–Crippen MR) is 85.1 cm³/mol. The number of carbonyl (C=O) groups is 2. The molecule has 0 spiro atoms. The van der Waals surface area contributed by atoms with E-state index in [1.165, 1.54) is 12.1 Å². The van der Waals surface area contributed by atoms with E-state index in [-0.39, 0.29) is 17.7 Å². The van der Waals surface area contributed by atoms with Crippen LogP contribution in [0, 0.1) is 0 Å². The number of aromatic amines is 1. The second kappa shape index (κ2) is 7.33. The van der Waals surface area contributed by atoms with Gasteiger partial charge in [-0.3, -0.25) is 23.7 Å². The molecular formula is C14H12N2O9S. The molecule has 0 atom stereocenters. The molecule has 0 amide bonds. The molecular weight excluding hydrogens is 372 g/mol. The van der Waals surface area contributed by atoms with Gasteiger partial charge in [0.2, 0.25) is 5.88 Å². The van der Waals surface area contributed by atoms with Crippen molar-refractivity contribution in [3.8, 4) is 5.88 Å². The van der Waals surface area contributed by atoms with Crippen molar-refractivity contribution in [2.24, 2.45) is 0 Å². The molecule has 0 radical (unpaired) electrons. The van der Waals surface area contributed by atoms with Crippen molar-refractivity contribution in [3.05, 3.63) is 56.2 Å². The van der Waals surface area contributed by atoms with E-state index in [0.717, 1.165) is 19.2 Å². The number of benzene rings is 1. The lowest BCUT2D eigenvalue weighted by molar-refractivity contribution is 0.110. The zero-order chi connectivity index (χ0) is 19.5. The fourth-order valence-electron chi connectivity index (χ4n) is 1.97. The number of rotatable bonds is 5. The van der Waals surface area contributed by atoms with Crippen LogP contribution in [0.25, 0.3) is 0 Å². The van der Waals surface area contributed by atoms with Gasteiger partial charge in [0.1, 0.15) is 5.56 Å². The summed E-state index contributed by atoms with van der Waals surface area (Å²) in [5.41, 5.74) is -2.27. The lowest BCUT2D eigenvalue weighted by atomic mass is 10.2. The highest BCUT2D eigenvalue weighted by atomic mass is 32.2. The van der Waals surface area contributed by atoms with Crippen LogP contribution < -0.4 is 16.0 Å². The fourth-order valence-corrected chi connectivity index (χ4v) is 2.45. The first-order valence-electron chi connectivity index (χ1n) is 6.82. The smallest absolute Gasteiger partial charge is 0.437 e. The largest absolute Gasteiger partial charge is 0.514 e. The van der Waals surface area contributed by atoms with E-state index in [0.29, 0.717) is 10.1 Å². The topological polar surface area (TPSA) is 162 Å². The highest BCUT2D eigenvalue weighted by molar-refractivity contribution is 7.85. The van der Waals surface area contributed by atoms with Crippen molar-refractivity contribution in [3.63, 3.8) is 0 Å². The number of nitrogens with zero attached hydrogens (tertiary/aromatic N) is 1. The van der Waals surface area contributed by atoms with E-state index in [2.05, 4.69) is 14.5 Å². The molecule has 2 aromatic rings.